The van der Waals surface area contributed by atoms with Gasteiger partial charge < -0.3 is 10.8 Å². The maximum absolute atomic E-state index is 14.0. The van der Waals surface area contributed by atoms with Crippen molar-refractivity contribution in [3.05, 3.63) is 106 Å². The fraction of sp³-hybridized carbons (Fsp3) is 0.172. The highest BCUT2D eigenvalue weighted by Gasteiger charge is 2.42. The van der Waals surface area contributed by atoms with Gasteiger partial charge in [0, 0.05) is 11.3 Å². The number of hydrogen-bond donors (Lipinski definition) is 2. The van der Waals surface area contributed by atoms with Gasteiger partial charge in [-0.2, -0.15) is 5.10 Å². The zero-order valence-electron chi connectivity index (χ0n) is 20.5. The number of nitrogens with zero attached hydrogens (tertiary/aromatic N) is 5. The predicted molar refractivity (Wildman–Crippen MR) is 147 cm³/mol. The molecule has 6 rings (SSSR count). The number of phenolic OH excluding ortho intramolecular Hbond substituents is 1. The summed E-state index contributed by atoms with van der Waals surface area (Å²) in [6.45, 7) is 4.28. The Morgan fingerprint density at radius 2 is 1.76 bits per heavy atom. The SMILES string of the molecule is Cc1ccccc1-n1c(CN2N=C(c3cccc(O)c3)C3C(N)=NC=NC32)cc2cccc(C)c2c1=O. The van der Waals surface area contributed by atoms with Crippen LogP contribution in [0.3, 0.4) is 0 Å². The Hall–Kier alpha value is -4.72. The first-order valence-corrected chi connectivity index (χ1v) is 12.1. The van der Waals surface area contributed by atoms with E-state index in [0.717, 1.165) is 33.5 Å². The number of phenols is 1. The molecule has 0 radical (unpaired) electrons. The van der Waals surface area contributed by atoms with Gasteiger partial charge in [-0.15, -0.1) is 0 Å². The molecule has 1 aromatic heterocycles. The molecule has 0 bridgehead atoms. The van der Waals surface area contributed by atoms with E-state index in [0.29, 0.717) is 23.5 Å². The summed E-state index contributed by atoms with van der Waals surface area (Å²) >= 11 is 0. The summed E-state index contributed by atoms with van der Waals surface area (Å²) in [6.07, 6.45) is 1.05. The molecule has 2 aliphatic rings. The molecular formula is C29H26N6O2. The molecular weight excluding hydrogens is 464 g/mol. The van der Waals surface area contributed by atoms with Gasteiger partial charge in [0.15, 0.2) is 6.17 Å². The Labute approximate surface area is 213 Å². The van der Waals surface area contributed by atoms with Crippen LogP contribution in [0.1, 0.15) is 22.4 Å². The lowest BCUT2D eigenvalue weighted by molar-refractivity contribution is 0.210. The largest absolute Gasteiger partial charge is 0.508 e. The van der Waals surface area contributed by atoms with Crippen molar-refractivity contribution in [1.29, 1.82) is 0 Å². The highest BCUT2D eigenvalue weighted by Crippen LogP contribution is 2.32. The van der Waals surface area contributed by atoms with Gasteiger partial charge in [0.05, 0.1) is 23.3 Å². The quantitative estimate of drug-likeness (QED) is 0.453. The van der Waals surface area contributed by atoms with E-state index in [1.165, 1.54) is 6.34 Å². The second-order valence-corrected chi connectivity index (χ2v) is 9.44. The minimum atomic E-state index is -0.413. The van der Waals surface area contributed by atoms with Gasteiger partial charge in [-0.3, -0.25) is 14.4 Å². The molecule has 0 fully saturated rings. The van der Waals surface area contributed by atoms with Crippen LogP contribution in [0.25, 0.3) is 16.5 Å². The van der Waals surface area contributed by atoms with Crippen LogP contribution in [0.4, 0.5) is 0 Å². The van der Waals surface area contributed by atoms with Crippen molar-refractivity contribution in [2.45, 2.75) is 26.6 Å². The number of rotatable bonds is 4. The molecule has 0 saturated carbocycles. The van der Waals surface area contributed by atoms with Crippen molar-refractivity contribution in [1.82, 2.24) is 9.58 Å². The fourth-order valence-corrected chi connectivity index (χ4v) is 5.26. The van der Waals surface area contributed by atoms with Crippen LogP contribution in [0.2, 0.25) is 0 Å². The minimum Gasteiger partial charge on any atom is -0.508 e. The number of pyridine rings is 1. The molecule has 0 aliphatic carbocycles. The minimum absolute atomic E-state index is 0.0685. The number of amidine groups is 1. The van der Waals surface area contributed by atoms with Crippen molar-refractivity contribution in [3.8, 4) is 11.4 Å². The Bertz CT molecular complexity index is 1700. The maximum atomic E-state index is 14.0. The summed E-state index contributed by atoms with van der Waals surface area (Å²) < 4.78 is 1.78. The first-order chi connectivity index (χ1) is 17.9. The average Bonchev–Trinajstić information content (AvgIpc) is 3.25. The van der Waals surface area contributed by atoms with E-state index >= 15 is 0 Å². The molecule has 3 aromatic carbocycles. The predicted octanol–water partition coefficient (Wildman–Crippen LogP) is 3.87. The average molecular weight is 491 g/mol. The fourth-order valence-electron chi connectivity index (χ4n) is 5.26. The molecule has 37 heavy (non-hydrogen) atoms. The smallest absolute Gasteiger partial charge is 0.263 e. The van der Waals surface area contributed by atoms with Crippen molar-refractivity contribution in [2.75, 3.05) is 0 Å². The second kappa shape index (κ2) is 8.74. The van der Waals surface area contributed by atoms with Gasteiger partial charge in [-0.25, -0.2) is 9.98 Å². The van der Waals surface area contributed by atoms with E-state index in [1.54, 1.807) is 22.8 Å². The van der Waals surface area contributed by atoms with E-state index in [-0.39, 0.29) is 17.2 Å². The molecule has 0 amide bonds. The van der Waals surface area contributed by atoms with Crippen LogP contribution in [0.5, 0.6) is 5.75 Å². The second-order valence-electron chi connectivity index (χ2n) is 9.44. The number of aliphatic imine (C=N–C) groups is 2. The molecule has 2 unspecified atom stereocenters. The first kappa shape index (κ1) is 22.7. The van der Waals surface area contributed by atoms with E-state index in [4.69, 9.17) is 10.8 Å². The monoisotopic (exact) mass is 490 g/mol. The van der Waals surface area contributed by atoms with Gasteiger partial charge in [-0.1, -0.05) is 48.5 Å². The molecule has 4 aromatic rings. The van der Waals surface area contributed by atoms with Crippen molar-refractivity contribution in [3.63, 3.8) is 0 Å². The number of aryl methyl sites for hydroxylation is 2. The molecule has 0 saturated heterocycles. The van der Waals surface area contributed by atoms with Gasteiger partial charge in [-0.05, 0) is 54.6 Å². The summed E-state index contributed by atoms with van der Waals surface area (Å²) in [7, 11) is 0. The van der Waals surface area contributed by atoms with Crippen molar-refractivity contribution in [2.24, 2.45) is 26.7 Å². The lowest BCUT2D eigenvalue weighted by Crippen LogP contribution is -2.42. The van der Waals surface area contributed by atoms with E-state index in [2.05, 4.69) is 16.1 Å². The Balaban J connectivity index is 1.53. The Morgan fingerprint density at radius 1 is 0.973 bits per heavy atom. The van der Waals surface area contributed by atoms with Crippen LogP contribution in [-0.2, 0) is 6.54 Å². The Morgan fingerprint density at radius 3 is 2.57 bits per heavy atom. The lowest BCUT2D eigenvalue weighted by Gasteiger charge is -2.27. The van der Waals surface area contributed by atoms with Gasteiger partial charge >= 0.3 is 0 Å². The summed E-state index contributed by atoms with van der Waals surface area (Å²) in [5.41, 5.74) is 11.2. The zero-order valence-corrected chi connectivity index (χ0v) is 20.5. The van der Waals surface area contributed by atoms with Crippen molar-refractivity contribution < 1.29 is 5.11 Å². The molecule has 3 N–H and O–H groups in total. The van der Waals surface area contributed by atoms with E-state index < -0.39 is 6.17 Å². The molecule has 0 spiro atoms. The summed E-state index contributed by atoms with van der Waals surface area (Å²) in [5.74, 6) is 0.187. The number of aromatic nitrogens is 1. The summed E-state index contributed by atoms with van der Waals surface area (Å²) in [5, 5.41) is 18.4. The number of benzene rings is 3. The molecule has 3 heterocycles. The van der Waals surface area contributed by atoms with E-state index in [1.807, 2.05) is 67.4 Å². The number of aromatic hydroxyl groups is 1. The number of para-hydroxylation sites is 1. The molecule has 2 atom stereocenters. The third kappa shape index (κ3) is 3.78. The van der Waals surface area contributed by atoms with Crippen molar-refractivity contribution >= 4 is 28.7 Å². The maximum Gasteiger partial charge on any atom is 0.263 e. The zero-order chi connectivity index (χ0) is 25.7. The van der Waals surface area contributed by atoms with Crippen LogP contribution >= 0.6 is 0 Å². The normalized spacial score (nSPS) is 18.6. The number of nitrogens with two attached hydrogens (primary N) is 1. The highest BCUT2D eigenvalue weighted by molar-refractivity contribution is 6.17. The number of fused-ring (bicyclic) bond motifs is 2. The van der Waals surface area contributed by atoms with Crippen LogP contribution in [-0.4, -0.2) is 38.7 Å². The topological polar surface area (TPSA) is 109 Å². The van der Waals surface area contributed by atoms with Crippen LogP contribution < -0.4 is 11.3 Å². The number of hydrogen-bond acceptors (Lipinski definition) is 7. The molecule has 8 heteroatoms. The highest BCUT2D eigenvalue weighted by atomic mass is 16.3. The third-order valence-electron chi connectivity index (χ3n) is 7.03. The third-order valence-corrected chi connectivity index (χ3v) is 7.03. The lowest BCUT2D eigenvalue weighted by atomic mass is 9.93. The summed E-state index contributed by atoms with van der Waals surface area (Å²) in [6, 6.07) is 22.7. The van der Waals surface area contributed by atoms with Gasteiger partial charge in [0.1, 0.15) is 23.8 Å². The number of hydrazone groups is 1. The molecule has 8 nitrogen and oxygen atoms in total. The van der Waals surface area contributed by atoms with E-state index in [9.17, 15) is 9.90 Å². The molecule has 2 aliphatic heterocycles. The Kier molecular flexibility index (Phi) is 5.37. The van der Waals surface area contributed by atoms with Crippen LogP contribution in [0.15, 0.2) is 92.7 Å². The standard InChI is InChI=1S/C29H26N6O2/c1-17-7-3-4-12-23(17)35-21(13-19-9-5-8-18(2)24(19)29(35)37)15-34-28-25(27(30)31-16-32-28)26(33-34)20-10-6-11-22(36)14-20/h3-14,16,25,28,36H,15H2,1-2H3,(H2,30,31,32). The summed E-state index contributed by atoms with van der Waals surface area (Å²) in [4.78, 5) is 22.8. The van der Waals surface area contributed by atoms with Crippen LogP contribution in [0, 0.1) is 19.8 Å². The molecule has 184 valence electrons. The first-order valence-electron chi connectivity index (χ1n) is 12.1. The van der Waals surface area contributed by atoms with Gasteiger partial charge in [0.25, 0.3) is 5.56 Å². The van der Waals surface area contributed by atoms with Gasteiger partial charge in [0.2, 0.25) is 0 Å².